The fourth-order valence-corrected chi connectivity index (χ4v) is 7.50. The minimum absolute atomic E-state index is 0.346. The summed E-state index contributed by atoms with van der Waals surface area (Å²) in [6.07, 6.45) is -0.306. The van der Waals surface area contributed by atoms with Crippen LogP contribution in [0.2, 0.25) is 0 Å². The first kappa shape index (κ1) is 42.0. The van der Waals surface area contributed by atoms with Gasteiger partial charge in [-0.05, 0) is 71.8 Å². The Labute approximate surface area is 281 Å². The molecule has 2 aliphatic rings. The van der Waals surface area contributed by atoms with Gasteiger partial charge >= 0.3 is 0 Å². The zero-order valence-electron chi connectivity index (χ0n) is 29.6. The van der Waals surface area contributed by atoms with Gasteiger partial charge in [0.15, 0.2) is 6.29 Å². The molecule has 0 spiro atoms. The van der Waals surface area contributed by atoms with Crippen molar-refractivity contribution in [1.29, 1.82) is 0 Å². The van der Waals surface area contributed by atoms with Crippen molar-refractivity contribution in [3.63, 3.8) is 0 Å². The van der Waals surface area contributed by atoms with E-state index >= 15 is 0 Å². The highest BCUT2D eigenvalue weighted by atomic mass is 32.2. The van der Waals surface area contributed by atoms with E-state index in [2.05, 4.69) is 31.4 Å². The van der Waals surface area contributed by atoms with E-state index in [-0.39, 0.29) is 5.41 Å². The summed E-state index contributed by atoms with van der Waals surface area (Å²) >= 11 is 1.26. The quantitative estimate of drug-likeness (QED) is 0.0618. The molecule has 7 N–H and O–H groups in total. The standard InChI is InChI=1S/C33H66N2O10S/c1-9-33(7,10-2)28(37)22(35-29(38)26-24-25(27(46-26)30(39)40)43-18-13-17-42-24)14-11-12-16-34-23(36)15-19-44-32(5,6)21-45-31(3,4)20-41-8/h22-30,34-40H,9-21H2,1-8H3. The highest BCUT2D eigenvalue weighted by Gasteiger charge is 2.52. The van der Waals surface area contributed by atoms with Gasteiger partial charge in [-0.25, -0.2) is 0 Å². The Morgan fingerprint density at radius 2 is 1.43 bits per heavy atom. The molecule has 0 aromatic carbocycles. The lowest BCUT2D eigenvalue weighted by Crippen LogP contribution is -2.56. The van der Waals surface area contributed by atoms with Crippen LogP contribution >= 0.6 is 11.8 Å². The second kappa shape index (κ2) is 19.9. The average molecular weight is 683 g/mol. The number of methoxy groups -OCH3 is 1. The number of hydrogen-bond donors (Lipinski definition) is 7. The van der Waals surface area contributed by atoms with Gasteiger partial charge in [0.05, 0.1) is 47.6 Å². The van der Waals surface area contributed by atoms with E-state index in [1.807, 2.05) is 27.7 Å². The largest absolute Gasteiger partial charge is 0.391 e. The highest BCUT2D eigenvalue weighted by Crippen LogP contribution is 2.42. The highest BCUT2D eigenvalue weighted by molar-refractivity contribution is 8.01. The number of ether oxygens (including phenoxy) is 5. The molecule has 13 heteroatoms. The summed E-state index contributed by atoms with van der Waals surface area (Å²) in [5.41, 5.74) is -1.26. The fraction of sp³-hybridized carbons (Fsp3) is 1.00. The Balaban J connectivity index is 1.87. The molecule has 46 heavy (non-hydrogen) atoms. The lowest BCUT2D eigenvalue weighted by atomic mass is 9.75. The van der Waals surface area contributed by atoms with E-state index < -0.39 is 64.8 Å². The minimum atomic E-state index is -1.60. The number of thioether (sulfide) groups is 1. The van der Waals surface area contributed by atoms with Crippen LogP contribution in [0.1, 0.15) is 93.4 Å². The lowest BCUT2D eigenvalue weighted by molar-refractivity contribution is -0.138. The number of hydrogen-bond acceptors (Lipinski definition) is 13. The molecule has 0 amide bonds. The van der Waals surface area contributed by atoms with Crippen molar-refractivity contribution in [2.45, 2.75) is 158 Å². The van der Waals surface area contributed by atoms with Gasteiger partial charge in [0, 0.05) is 32.8 Å². The molecule has 2 saturated heterocycles. The van der Waals surface area contributed by atoms with Crippen LogP contribution in [0.4, 0.5) is 0 Å². The predicted octanol–water partition coefficient (Wildman–Crippen LogP) is 2.12. The Morgan fingerprint density at radius 1 is 0.826 bits per heavy atom. The van der Waals surface area contributed by atoms with Crippen LogP contribution in [-0.2, 0) is 23.7 Å². The average Bonchev–Trinajstić information content (AvgIpc) is 3.20. The van der Waals surface area contributed by atoms with E-state index in [4.69, 9.17) is 23.7 Å². The predicted molar refractivity (Wildman–Crippen MR) is 180 cm³/mol. The van der Waals surface area contributed by atoms with E-state index in [0.29, 0.717) is 58.8 Å². The zero-order valence-corrected chi connectivity index (χ0v) is 30.4. The fourth-order valence-electron chi connectivity index (χ4n) is 5.99. The van der Waals surface area contributed by atoms with Gasteiger partial charge in [-0.15, -0.1) is 11.8 Å². The molecule has 274 valence electrons. The molecule has 0 aliphatic carbocycles. The van der Waals surface area contributed by atoms with Gasteiger partial charge < -0.3 is 49.2 Å². The second-order valence-corrected chi connectivity index (χ2v) is 15.7. The third kappa shape index (κ3) is 13.3. The molecule has 8 atom stereocenters. The Bertz CT molecular complexity index is 834. The van der Waals surface area contributed by atoms with Crippen molar-refractivity contribution in [2.24, 2.45) is 5.41 Å². The molecule has 0 aromatic rings. The SMILES string of the molecule is CCC(C)(CC)C(O)C(CCCCNC(O)CCOC(C)(C)COC(C)(C)COC)NC(O)C1SC(C(O)O)C2OCCCOC21. The third-order valence-corrected chi connectivity index (χ3v) is 11.1. The van der Waals surface area contributed by atoms with Gasteiger partial charge in [-0.1, -0.05) is 27.2 Å². The van der Waals surface area contributed by atoms with Crippen molar-refractivity contribution in [3.05, 3.63) is 0 Å². The van der Waals surface area contributed by atoms with Crippen molar-refractivity contribution < 1.29 is 49.2 Å². The Hall–Kier alpha value is -0.130. The maximum absolute atomic E-state index is 11.6. The smallest absolute Gasteiger partial charge is 0.166 e. The molecule has 8 unspecified atom stereocenters. The monoisotopic (exact) mass is 682 g/mol. The summed E-state index contributed by atoms with van der Waals surface area (Å²) in [6, 6.07) is -0.402. The molecule has 0 saturated carbocycles. The molecule has 0 aromatic heterocycles. The summed E-state index contributed by atoms with van der Waals surface area (Å²) in [5.74, 6) is 0. The number of unbranched alkanes of at least 4 members (excludes halogenated alkanes) is 1. The van der Waals surface area contributed by atoms with Crippen molar-refractivity contribution in [3.8, 4) is 0 Å². The lowest BCUT2D eigenvalue weighted by Gasteiger charge is -2.40. The van der Waals surface area contributed by atoms with Crippen LogP contribution in [0, 0.1) is 5.41 Å². The van der Waals surface area contributed by atoms with Crippen molar-refractivity contribution in [2.75, 3.05) is 46.7 Å². The van der Waals surface area contributed by atoms with E-state index in [9.17, 15) is 25.5 Å². The van der Waals surface area contributed by atoms with E-state index in [1.165, 1.54) is 11.8 Å². The van der Waals surface area contributed by atoms with Crippen LogP contribution in [0.25, 0.3) is 0 Å². The van der Waals surface area contributed by atoms with Crippen LogP contribution < -0.4 is 10.6 Å². The van der Waals surface area contributed by atoms with Crippen LogP contribution in [-0.4, -0.2) is 137 Å². The number of fused-ring (bicyclic) bond motifs is 1. The molecule has 2 aliphatic heterocycles. The Morgan fingerprint density at radius 3 is 2.02 bits per heavy atom. The Kier molecular flexibility index (Phi) is 18.2. The van der Waals surface area contributed by atoms with Gasteiger partial charge in [-0.3, -0.25) is 10.6 Å². The summed E-state index contributed by atoms with van der Waals surface area (Å²) in [4.78, 5) is 0. The first-order chi connectivity index (χ1) is 21.6. The molecule has 0 radical (unpaired) electrons. The molecule has 12 nitrogen and oxygen atoms in total. The van der Waals surface area contributed by atoms with Gasteiger partial charge in [-0.2, -0.15) is 0 Å². The van der Waals surface area contributed by atoms with Gasteiger partial charge in [0.2, 0.25) is 0 Å². The first-order valence-corrected chi connectivity index (χ1v) is 18.1. The molecule has 2 heterocycles. The van der Waals surface area contributed by atoms with Crippen LogP contribution in [0.3, 0.4) is 0 Å². The molecule has 0 bridgehead atoms. The van der Waals surface area contributed by atoms with E-state index in [1.54, 1.807) is 7.11 Å². The topological polar surface area (TPSA) is 171 Å². The van der Waals surface area contributed by atoms with Crippen molar-refractivity contribution in [1.82, 2.24) is 10.6 Å². The minimum Gasteiger partial charge on any atom is -0.391 e. The number of aliphatic hydroxyl groups is 5. The number of rotatable bonds is 23. The number of aliphatic hydroxyl groups excluding tert-OH is 4. The van der Waals surface area contributed by atoms with Crippen LogP contribution in [0.5, 0.6) is 0 Å². The normalized spacial score (nSPS) is 25.7. The van der Waals surface area contributed by atoms with Gasteiger partial charge in [0.1, 0.15) is 24.7 Å². The maximum atomic E-state index is 11.6. The second-order valence-electron chi connectivity index (χ2n) is 14.4. The molecular weight excluding hydrogens is 616 g/mol. The summed E-state index contributed by atoms with van der Waals surface area (Å²) in [7, 11) is 1.65. The maximum Gasteiger partial charge on any atom is 0.166 e. The molecule has 2 fully saturated rings. The first-order valence-electron chi connectivity index (χ1n) is 17.1. The van der Waals surface area contributed by atoms with Crippen LogP contribution in [0.15, 0.2) is 0 Å². The van der Waals surface area contributed by atoms with Crippen molar-refractivity contribution >= 4 is 11.8 Å². The number of nitrogens with one attached hydrogen (secondary N) is 2. The summed E-state index contributed by atoms with van der Waals surface area (Å²) in [6.45, 7) is 16.8. The third-order valence-electron chi connectivity index (χ3n) is 9.40. The van der Waals surface area contributed by atoms with Gasteiger partial charge in [0.25, 0.3) is 0 Å². The summed E-state index contributed by atoms with van der Waals surface area (Å²) in [5, 5.41) is 58.7. The van der Waals surface area contributed by atoms with E-state index in [0.717, 1.165) is 25.7 Å². The summed E-state index contributed by atoms with van der Waals surface area (Å²) < 4.78 is 29.1. The zero-order chi connectivity index (χ0) is 34.5. The molecule has 2 rings (SSSR count). The molecular formula is C33H66N2O10S.